The highest BCUT2D eigenvalue weighted by Crippen LogP contribution is 2.14. The highest BCUT2D eigenvalue weighted by atomic mass is 16.3. The van der Waals surface area contributed by atoms with Gasteiger partial charge in [-0.3, -0.25) is 9.80 Å². The number of nitrogens with zero attached hydrogens (tertiary/aromatic N) is 3. The van der Waals surface area contributed by atoms with Gasteiger partial charge >= 0.3 is 0 Å². The second kappa shape index (κ2) is 7.43. The van der Waals surface area contributed by atoms with Gasteiger partial charge in [-0.15, -0.1) is 0 Å². The van der Waals surface area contributed by atoms with Crippen molar-refractivity contribution < 1.29 is 5.11 Å². The van der Waals surface area contributed by atoms with Crippen LogP contribution in [0.1, 0.15) is 12.0 Å². The molecular weight excluding hydrogens is 240 g/mol. The molecule has 5 nitrogen and oxygen atoms in total. The van der Waals surface area contributed by atoms with Crippen LogP contribution in [0.5, 0.6) is 0 Å². The summed E-state index contributed by atoms with van der Waals surface area (Å²) in [5.41, 5.74) is 1.25. The molecule has 0 aliphatic carbocycles. The van der Waals surface area contributed by atoms with Crippen LogP contribution < -0.4 is 5.32 Å². The number of hydrogen-bond acceptors (Lipinski definition) is 5. The third-order valence-corrected chi connectivity index (χ3v) is 3.62. The number of nitrogens with one attached hydrogen (secondary N) is 1. The lowest BCUT2D eigenvalue weighted by Crippen LogP contribution is -2.32. The zero-order chi connectivity index (χ0) is 13.5. The second-order valence-electron chi connectivity index (χ2n) is 4.96. The first-order valence-electron chi connectivity index (χ1n) is 7.00. The molecule has 1 fully saturated rings. The van der Waals surface area contributed by atoms with E-state index in [1.165, 1.54) is 5.56 Å². The fourth-order valence-corrected chi connectivity index (χ4v) is 2.58. The zero-order valence-electron chi connectivity index (χ0n) is 11.7. The Morgan fingerprint density at radius 2 is 2.05 bits per heavy atom. The first kappa shape index (κ1) is 14.2. The smallest absolute Gasteiger partial charge is 0.130 e. The molecule has 0 spiro atoms. The maximum atomic E-state index is 9.01. The molecule has 19 heavy (non-hydrogen) atoms. The van der Waals surface area contributed by atoms with E-state index in [9.17, 15) is 0 Å². The molecule has 2 heterocycles. The fraction of sp³-hybridized carbons (Fsp3) is 0.643. The zero-order valence-corrected chi connectivity index (χ0v) is 11.7. The Hall–Kier alpha value is -1.17. The van der Waals surface area contributed by atoms with Gasteiger partial charge < -0.3 is 10.4 Å². The molecular formula is C14H24N4O. The molecule has 1 aromatic rings. The molecule has 0 atom stereocenters. The van der Waals surface area contributed by atoms with Crippen molar-refractivity contribution in [3.8, 4) is 0 Å². The molecule has 0 amide bonds. The van der Waals surface area contributed by atoms with Gasteiger partial charge in [0.1, 0.15) is 5.82 Å². The Morgan fingerprint density at radius 1 is 1.26 bits per heavy atom. The van der Waals surface area contributed by atoms with Gasteiger partial charge in [0, 0.05) is 45.0 Å². The van der Waals surface area contributed by atoms with Crippen molar-refractivity contribution in [1.82, 2.24) is 14.8 Å². The third kappa shape index (κ3) is 4.16. The van der Waals surface area contributed by atoms with E-state index in [4.69, 9.17) is 5.11 Å². The van der Waals surface area contributed by atoms with Crippen molar-refractivity contribution in [3.63, 3.8) is 0 Å². The van der Waals surface area contributed by atoms with Gasteiger partial charge in [-0.1, -0.05) is 6.07 Å². The van der Waals surface area contributed by atoms with E-state index < -0.39 is 0 Å². The lowest BCUT2D eigenvalue weighted by atomic mass is 10.2. The Bertz CT molecular complexity index is 385. The quantitative estimate of drug-likeness (QED) is 0.817. The number of β-amino-alcohol motifs (C(OH)–C–C–N with tert-alkyl or cyclic N) is 1. The van der Waals surface area contributed by atoms with Gasteiger partial charge in [0.2, 0.25) is 0 Å². The number of rotatable bonds is 5. The largest absolute Gasteiger partial charge is 0.395 e. The molecule has 0 aromatic carbocycles. The minimum atomic E-state index is 0.256. The minimum Gasteiger partial charge on any atom is -0.395 e. The molecule has 106 valence electrons. The van der Waals surface area contributed by atoms with Gasteiger partial charge in [0.15, 0.2) is 0 Å². The number of aliphatic hydroxyl groups excluding tert-OH is 1. The number of hydrogen-bond donors (Lipinski definition) is 2. The average molecular weight is 264 g/mol. The van der Waals surface area contributed by atoms with E-state index in [2.05, 4.69) is 26.2 Å². The molecule has 0 radical (unpaired) electrons. The molecule has 1 aliphatic rings. The maximum absolute atomic E-state index is 9.01. The van der Waals surface area contributed by atoms with E-state index in [1.54, 1.807) is 0 Å². The number of anilines is 1. The first-order valence-corrected chi connectivity index (χ1v) is 7.00. The maximum Gasteiger partial charge on any atom is 0.130 e. The summed E-state index contributed by atoms with van der Waals surface area (Å²) in [5, 5.41) is 12.2. The highest BCUT2D eigenvalue weighted by molar-refractivity contribution is 5.42. The molecule has 5 heteroatoms. The van der Waals surface area contributed by atoms with Crippen LogP contribution in [0.3, 0.4) is 0 Å². The molecule has 1 saturated heterocycles. The van der Waals surface area contributed by atoms with Gasteiger partial charge in [-0.05, 0) is 25.6 Å². The van der Waals surface area contributed by atoms with Crippen molar-refractivity contribution in [2.75, 3.05) is 51.7 Å². The van der Waals surface area contributed by atoms with Crippen LogP contribution in [0.4, 0.5) is 5.82 Å². The lowest BCUT2D eigenvalue weighted by molar-refractivity contribution is 0.196. The van der Waals surface area contributed by atoms with E-state index in [1.807, 2.05) is 19.3 Å². The van der Waals surface area contributed by atoms with Gasteiger partial charge in [-0.25, -0.2) is 4.98 Å². The third-order valence-electron chi connectivity index (χ3n) is 3.62. The highest BCUT2D eigenvalue weighted by Gasteiger charge is 2.15. The predicted octanol–water partition coefficient (Wildman–Crippen LogP) is 0.623. The Balaban J connectivity index is 1.92. The number of aliphatic hydroxyl groups is 1. The summed E-state index contributed by atoms with van der Waals surface area (Å²) >= 11 is 0. The van der Waals surface area contributed by atoms with Crippen LogP contribution in [-0.2, 0) is 6.54 Å². The monoisotopic (exact) mass is 264 g/mol. The molecule has 1 aliphatic heterocycles. The van der Waals surface area contributed by atoms with E-state index in [-0.39, 0.29) is 6.61 Å². The van der Waals surface area contributed by atoms with E-state index in [0.29, 0.717) is 0 Å². The Kier molecular flexibility index (Phi) is 5.57. The van der Waals surface area contributed by atoms with Crippen molar-refractivity contribution >= 4 is 5.82 Å². The normalized spacial score (nSPS) is 18.2. The molecule has 2 rings (SSSR count). The van der Waals surface area contributed by atoms with Crippen LogP contribution in [0.2, 0.25) is 0 Å². The topological polar surface area (TPSA) is 51.6 Å². The summed E-state index contributed by atoms with van der Waals surface area (Å²) in [6, 6.07) is 4.13. The fourth-order valence-electron chi connectivity index (χ4n) is 2.58. The molecule has 0 unspecified atom stereocenters. The lowest BCUT2D eigenvalue weighted by Gasteiger charge is -2.22. The van der Waals surface area contributed by atoms with Gasteiger partial charge in [0.25, 0.3) is 0 Å². The molecule has 0 bridgehead atoms. The summed E-state index contributed by atoms with van der Waals surface area (Å²) in [4.78, 5) is 9.15. The van der Waals surface area contributed by atoms with Gasteiger partial charge in [0.05, 0.1) is 6.61 Å². The van der Waals surface area contributed by atoms with Crippen molar-refractivity contribution in [2.24, 2.45) is 0 Å². The average Bonchev–Trinajstić information content (AvgIpc) is 2.66. The van der Waals surface area contributed by atoms with Crippen molar-refractivity contribution in [2.45, 2.75) is 13.0 Å². The number of aromatic nitrogens is 1. The predicted molar refractivity (Wildman–Crippen MR) is 77.2 cm³/mol. The molecule has 2 N–H and O–H groups in total. The molecule has 0 saturated carbocycles. The van der Waals surface area contributed by atoms with Crippen LogP contribution in [0.25, 0.3) is 0 Å². The number of pyridine rings is 1. The van der Waals surface area contributed by atoms with Crippen LogP contribution in [-0.4, -0.2) is 66.3 Å². The summed E-state index contributed by atoms with van der Waals surface area (Å²) < 4.78 is 0. The summed E-state index contributed by atoms with van der Waals surface area (Å²) in [6.45, 7) is 6.28. The Labute approximate surface area is 115 Å². The summed E-state index contributed by atoms with van der Waals surface area (Å²) in [5.74, 6) is 0.971. The first-order chi connectivity index (χ1) is 9.33. The van der Waals surface area contributed by atoms with Crippen molar-refractivity contribution in [3.05, 3.63) is 23.9 Å². The van der Waals surface area contributed by atoms with Gasteiger partial charge in [-0.2, -0.15) is 0 Å². The second-order valence-corrected chi connectivity index (χ2v) is 4.96. The summed E-state index contributed by atoms with van der Waals surface area (Å²) in [7, 11) is 1.91. The van der Waals surface area contributed by atoms with Crippen LogP contribution in [0, 0.1) is 0 Å². The van der Waals surface area contributed by atoms with E-state index >= 15 is 0 Å². The minimum absolute atomic E-state index is 0.256. The molecule has 1 aromatic heterocycles. The SMILES string of the molecule is CNc1ncccc1CN1CCCN(CCO)CC1. The van der Waals surface area contributed by atoms with Crippen LogP contribution in [0.15, 0.2) is 18.3 Å². The summed E-state index contributed by atoms with van der Waals surface area (Å²) in [6.07, 6.45) is 2.98. The van der Waals surface area contributed by atoms with E-state index in [0.717, 1.165) is 51.5 Å². The van der Waals surface area contributed by atoms with Crippen molar-refractivity contribution in [1.29, 1.82) is 0 Å². The van der Waals surface area contributed by atoms with Crippen LogP contribution >= 0.6 is 0 Å². The standard InChI is InChI=1S/C14H24N4O/c1-15-14-13(4-2-5-16-14)12-18-7-3-6-17(8-9-18)10-11-19/h2,4-5,19H,3,6-12H2,1H3,(H,15,16). The Morgan fingerprint density at radius 3 is 2.84 bits per heavy atom.